The minimum Gasteiger partial charge on any atom is -0.493 e. The Kier molecular flexibility index (Phi) is 3.97. The molecular weight excluding hydrogens is 231 g/mol. The lowest BCUT2D eigenvalue weighted by atomic mass is 10.0. The van der Waals surface area contributed by atoms with Crippen molar-refractivity contribution in [3.8, 4) is 11.5 Å². The topological polar surface area (TPSA) is 76.0 Å². The summed E-state index contributed by atoms with van der Waals surface area (Å²) >= 11 is 0. The Balaban J connectivity index is 3.07. The first-order valence-corrected chi connectivity index (χ1v) is 6.29. The molecule has 0 spiro atoms. The van der Waals surface area contributed by atoms with Crippen molar-refractivity contribution in [2.24, 2.45) is 0 Å². The zero-order valence-electron chi connectivity index (χ0n) is 9.38. The van der Waals surface area contributed by atoms with Crippen LogP contribution in [-0.4, -0.2) is 16.9 Å². The van der Waals surface area contributed by atoms with Crippen molar-refractivity contribution in [1.29, 1.82) is 0 Å². The van der Waals surface area contributed by atoms with Gasteiger partial charge in [0.1, 0.15) is 0 Å². The van der Waals surface area contributed by atoms with Crippen molar-refractivity contribution in [1.82, 2.24) is 0 Å². The van der Waals surface area contributed by atoms with Crippen molar-refractivity contribution in [3.63, 3.8) is 0 Å². The number of hydrogen-bond donors (Lipinski definition) is 2. The molecule has 2 N–H and O–H groups in total. The number of rotatable bonds is 4. The molecule has 0 aliphatic heterocycles. The van der Waals surface area contributed by atoms with E-state index in [-0.39, 0.29) is 5.75 Å². The Morgan fingerprint density at radius 2 is 1.88 bits per heavy atom. The van der Waals surface area contributed by atoms with Gasteiger partial charge in [-0.15, -0.1) is 0 Å². The third kappa shape index (κ3) is 3.52. The number of ether oxygens (including phenoxy) is 1. The maximum atomic E-state index is 10.7. The van der Waals surface area contributed by atoms with Crippen LogP contribution in [0, 0.1) is 0 Å². The van der Waals surface area contributed by atoms with E-state index >= 15 is 0 Å². The van der Waals surface area contributed by atoms with Gasteiger partial charge in [0.25, 0.3) is 0 Å². The molecule has 0 heterocycles. The average molecular weight is 246 g/mol. The highest BCUT2D eigenvalue weighted by Crippen LogP contribution is 2.42. The number of phosphoric ester groups is 1. The van der Waals surface area contributed by atoms with Gasteiger partial charge >= 0.3 is 7.82 Å². The molecule has 0 fully saturated rings. The van der Waals surface area contributed by atoms with Gasteiger partial charge in [0.2, 0.25) is 0 Å². The van der Waals surface area contributed by atoms with Crippen LogP contribution < -0.4 is 9.26 Å². The second-order valence-electron chi connectivity index (χ2n) is 3.65. The molecule has 0 aliphatic carbocycles. The lowest BCUT2D eigenvalue weighted by Gasteiger charge is -2.13. The average Bonchev–Trinajstić information content (AvgIpc) is 2.15. The molecule has 6 heteroatoms. The largest absolute Gasteiger partial charge is 0.524 e. The van der Waals surface area contributed by atoms with Gasteiger partial charge < -0.3 is 9.26 Å². The summed E-state index contributed by atoms with van der Waals surface area (Å²) in [7, 11) is -3.12. The summed E-state index contributed by atoms with van der Waals surface area (Å²) in [6.45, 7) is 4.02. The van der Waals surface area contributed by atoms with Gasteiger partial charge in [-0.3, -0.25) is 9.79 Å². The van der Waals surface area contributed by atoms with Crippen LogP contribution in [0.3, 0.4) is 0 Å². The number of hydrogen-bond acceptors (Lipinski definition) is 3. The Hall–Kier alpha value is -1.03. The van der Waals surface area contributed by atoms with Crippen LogP contribution in [0.4, 0.5) is 0 Å². The van der Waals surface area contributed by atoms with E-state index in [1.165, 1.54) is 13.2 Å². The molecule has 0 radical (unpaired) electrons. The normalized spacial score (nSPS) is 11.6. The van der Waals surface area contributed by atoms with Gasteiger partial charge in [-0.05, 0) is 23.6 Å². The lowest BCUT2D eigenvalue weighted by molar-refractivity contribution is 0.276. The maximum absolute atomic E-state index is 10.7. The smallest absolute Gasteiger partial charge is 0.493 e. The SMILES string of the molecule is COc1cc(C(C)C)ccc1OP(=O)(O)O. The van der Waals surface area contributed by atoms with Crippen molar-refractivity contribution < 1.29 is 23.6 Å². The molecule has 0 bridgehead atoms. The van der Waals surface area contributed by atoms with Crippen LogP contribution in [0.1, 0.15) is 25.3 Å². The molecule has 0 aromatic heterocycles. The van der Waals surface area contributed by atoms with Crippen LogP contribution >= 0.6 is 7.82 Å². The number of phosphoric acid groups is 1. The van der Waals surface area contributed by atoms with E-state index in [0.29, 0.717) is 11.7 Å². The van der Waals surface area contributed by atoms with Crippen molar-refractivity contribution >= 4 is 7.82 Å². The zero-order valence-corrected chi connectivity index (χ0v) is 10.3. The fraction of sp³-hybridized carbons (Fsp3) is 0.400. The molecule has 5 nitrogen and oxygen atoms in total. The molecule has 0 saturated carbocycles. The highest BCUT2D eigenvalue weighted by atomic mass is 31.2. The molecule has 1 aromatic carbocycles. The first kappa shape index (κ1) is 13.0. The van der Waals surface area contributed by atoms with Crippen molar-refractivity contribution in [2.75, 3.05) is 7.11 Å². The molecule has 0 atom stereocenters. The predicted molar refractivity (Wildman–Crippen MR) is 59.8 cm³/mol. The van der Waals surface area contributed by atoms with Gasteiger partial charge in [-0.25, -0.2) is 4.57 Å². The summed E-state index contributed by atoms with van der Waals surface area (Å²) in [6.07, 6.45) is 0. The summed E-state index contributed by atoms with van der Waals surface area (Å²) in [6, 6.07) is 4.95. The van der Waals surface area contributed by atoms with Crippen LogP contribution in [0.15, 0.2) is 18.2 Å². The van der Waals surface area contributed by atoms with Crippen LogP contribution in [0.5, 0.6) is 11.5 Å². The molecule has 0 unspecified atom stereocenters. The summed E-state index contributed by atoms with van der Waals surface area (Å²) in [5, 5.41) is 0. The van der Waals surface area contributed by atoms with Gasteiger partial charge in [-0.2, -0.15) is 0 Å². The molecule has 0 aliphatic rings. The molecule has 90 valence electrons. The van der Waals surface area contributed by atoms with Gasteiger partial charge in [-0.1, -0.05) is 19.9 Å². The minimum atomic E-state index is -4.55. The second-order valence-corrected chi connectivity index (χ2v) is 4.81. The highest BCUT2D eigenvalue weighted by Gasteiger charge is 2.19. The summed E-state index contributed by atoms with van der Waals surface area (Å²) in [5.41, 5.74) is 1.01. The first-order valence-electron chi connectivity index (χ1n) is 4.76. The van der Waals surface area contributed by atoms with E-state index in [1.54, 1.807) is 12.1 Å². The van der Waals surface area contributed by atoms with Gasteiger partial charge in [0, 0.05) is 0 Å². The lowest BCUT2D eigenvalue weighted by Crippen LogP contribution is -1.96. The third-order valence-corrected chi connectivity index (χ3v) is 2.51. The molecule has 0 saturated heterocycles. The molecule has 16 heavy (non-hydrogen) atoms. The third-order valence-electron chi connectivity index (χ3n) is 2.07. The van der Waals surface area contributed by atoms with Crippen LogP contribution in [-0.2, 0) is 4.57 Å². The number of methoxy groups -OCH3 is 1. The number of benzene rings is 1. The minimum absolute atomic E-state index is 0.0419. The molecule has 1 rings (SSSR count). The Morgan fingerprint density at radius 3 is 2.31 bits per heavy atom. The Morgan fingerprint density at radius 1 is 1.25 bits per heavy atom. The molecular formula is C10H15O5P. The van der Waals surface area contributed by atoms with Gasteiger partial charge in [0.15, 0.2) is 11.5 Å². The quantitative estimate of drug-likeness (QED) is 0.797. The van der Waals surface area contributed by atoms with Gasteiger partial charge in [0.05, 0.1) is 7.11 Å². The molecule has 0 amide bonds. The molecule has 1 aromatic rings. The van der Waals surface area contributed by atoms with E-state index in [4.69, 9.17) is 14.5 Å². The Labute approximate surface area is 94.3 Å². The van der Waals surface area contributed by atoms with E-state index in [1.807, 2.05) is 13.8 Å². The Bertz CT molecular complexity index is 410. The highest BCUT2D eigenvalue weighted by molar-refractivity contribution is 7.46. The summed E-state index contributed by atoms with van der Waals surface area (Å²) in [4.78, 5) is 17.4. The van der Waals surface area contributed by atoms with E-state index in [0.717, 1.165) is 5.56 Å². The maximum Gasteiger partial charge on any atom is 0.524 e. The van der Waals surface area contributed by atoms with Crippen LogP contribution in [0.25, 0.3) is 0 Å². The van der Waals surface area contributed by atoms with E-state index < -0.39 is 7.82 Å². The fourth-order valence-electron chi connectivity index (χ4n) is 1.25. The fourth-order valence-corrected chi connectivity index (χ4v) is 1.65. The monoisotopic (exact) mass is 246 g/mol. The summed E-state index contributed by atoms with van der Waals surface area (Å²) < 4.78 is 20.2. The predicted octanol–water partition coefficient (Wildman–Crippen LogP) is 2.29. The van der Waals surface area contributed by atoms with Crippen molar-refractivity contribution in [2.45, 2.75) is 19.8 Å². The van der Waals surface area contributed by atoms with E-state index in [9.17, 15) is 4.57 Å². The standard InChI is InChI=1S/C10H15O5P/c1-7(2)8-4-5-9(10(6-8)14-3)15-16(11,12)13/h4-7H,1-3H3,(H2,11,12,13). The first-order chi connectivity index (χ1) is 7.33. The zero-order chi connectivity index (χ0) is 12.3. The van der Waals surface area contributed by atoms with E-state index in [2.05, 4.69) is 4.52 Å². The second kappa shape index (κ2) is 4.87. The summed E-state index contributed by atoms with van der Waals surface area (Å²) in [5.74, 6) is 0.660. The van der Waals surface area contributed by atoms with Crippen LogP contribution in [0.2, 0.25) is 0 Å². The van der Waals surface area contributed by atoms with Crippen molar-refractivity contribution in [3.05, 3.63) is 23.8 Å².